The smallest absolute Gasteiger partial charge is 0.0339 e. The van der Waals surface area contributed by atoms with Crippen molar-refractivity contribution in [1.82, 2.24) is 0 Å². The summed E-state index contributed by atoms with van der Waals surface area (Å²) in [5.41, 5.74) is 2.56. The first-order chi connectivity index (χ1) is 5.79. The zero-order valence-corrected chi connectivity index (χ0v) is 8.03. The molecule has 0 fully saturated rings. The third-order valence-corrected chi connectivity index (χ3v) is 2.75. The van der Waals surface area contributed by atoms with E-state index < -0.39 is 0 Å². The van der Waals surface area contributed by atoms with Crippen LogP contribution < -0.4 is 0 Å². The summed E-state index contributed by atoms with van der Waals surface area (Å²) in [4.78, 5) is 1.23. The van der Waals surface area contributed by atoms with Gasteiger partial charge in [0.05, 0.1) is 0 Å². The molecule has 0 bridgehead atoms. The molecule has 0 aliphatic carbocycles. The highest BCUT2D eigenvalue weighted by Gasteiger charge is 2.00. The topological polar surface area (TPSA) is 0 Å². The molecule has 1 rings (SSSR count). The number of thiophene rings is 1. The highest BCUT2D eigenvalue weighted by Crippen LogP contribution is 2.24. The molecule has 0 saturated carbocycles. The fourth-order valence-electron chi connectivity index (χ4n) is 1.01. The summed E-state index contributed by atoms with van der Waals surface area (Å²) in [7, 11) is 0. The third kappa shape index (κ3) is 1.74. The van der Waals surface area contributed by atoms with E-state index in [9.17, 15) is 0 Å². The summed E-state index contributed by atoms with van der Waals surface area (Å²) in [6.07, 6.45) is 7.68. The summed E-state index contributed by atoms with van der Waals surface area (Å²) < 4.78 is 0. The lowest BCUT2D eigenvalue weighted by molar-refractivity contribution is 1.52. The molecule has 1 heterocycles. The molecule has 0 unspecified atom stereocenters. The molecule has 0 amide bonds. The van der Waals surface area contributed by atoms with Crippen LogP contribution in [0.2, 0.25) is 0 Å². The van der Waals surface area contributed by atoms with Crippen molar-refractivity contribution in [3.63, 3.8) is 0 Å². The Labute approximate surface area is 77.6 Å². The normalized spacial score (nSPS) is 10.4. The van der Waals surface area contributed by atoms with Crippen LogP contribution in [0.4, 0.5) is 0 Å². The molecule has 0 nitrogen and oxygen atoms in total. The van der Waals surface area contributed by atoms with Crippen molar-refractivity contribution in [3.05, 3.63) is 46.7 Å². The molecule has 0 N–H and O–H groups in total. The van der Waals surface area contributed by atoms with Crippen LogP contribution in [-0.2, 0) is 0 Å². The molecule has 12 heavy (non-hydrogen) atoms. The summed E-state index contributed by atoms with van der Waals surface area (Å²) >= 11 is 1.72. The Morgan fingerprint density at radius 3 is 2.75 bits per heavy atom. The average Bonchev–Trinajstić information content (AvgIpc) is 2.43. The van der Waals surface area contributed by atoms with E-state index in [1.165, 1.54) is 16.0 Å². The van der Waals surface area contributed by atoms with E-state index in [-0.39, 0.29) is 0 Å². The van der Waals surface area contributed by atoms with Gasteiger partial charge < -0.3 is 0 Å². The van der Waals surface area contributed by atoms with E-state index in [4.69, 9.17) is 0 Å². The van der Waals surface area contributed by atoms with Gasteiger partial charge in [-0.25, -0.2) is 0 Å². The Morgan fingerprint density at radius 2 is 2.17 bits per heavy atom. The SMILES string of the molecule is C=C/C=C\c1c(C)csc1C=C. The van der Waals surface area contributed by atoms with Crippen molar-refractivity contribution < 1.29 is 0 Å². The Morgan fingerprint density at radius 1 is 1.42 bits per heavy atom. The molecule has 0 spiro atoms. The lowest BCUT2D eigenvalue weighted by Gasteiger charge is -1.92. The van der Waals surface area contributed by atoms with Crippen molar-refractivity contribution in [2.75, 3.05) is 0 Å². The number of rotatable bonds is 3. The van der Waals surface area contributed by atoms with Gasteiger partial charge in [-0.2, -0.15) is 0 Å². The van der Waals surface area contributed by atoms with Crippen LogP contribution in [-0.4, -0.2) is 0 Å². The first-order valence-electron chi connectivity index (χ1n) is 3.79. The van der Waals surface area contributed by atoms with Gasteiger partial charge >= 0.3 is 0 Å². The van der Waals surface area contributed by atoms with Crippen molar-refractivity contribution in [2.45, 2.75) is 6.92 Å². The van der Waals surface area contributed by atoms with Gasteiger partial charge in [-0.3, -0.25) is 0 Å². The Hall–Kier alpha value is -1.08. The zero-order valence-electron chi connectivity index (χ0n) is 7.21. The summed E-state index contributed by atoms with van der Waals surface area (Å²) in [6.45, 7) is 9.50. The van der Waals surface area contributed by atoms with Crippen LogP contribution in [0.1, 0.15) is 16.0 Å². The fraction of sp³-hybridized carbons (Fsp3) is 0.0909. The molecule has 0 atom stereocenters. The maximum absolute atomic E-state index is 3.76. The second-order valence-electron chi connectivity index (χ2n) is 2.50. The maximum atomic E-state index is 3.76. The molecule has 62 valence electrons. The zero-order chi connectivity index (χ0) is 8.97. The molecular weight excluding hydrogens is 164 g/mol. The monoisotopic (exact) mass is 176 g/mol. The van der Waals surface area contributed by atoms with Gasteiger partial charge in [0.2, 0.25) is 0 Å². The van der Waals surface area contributed by atoms with E-state index in [1.807, 2.05) is 12.2 Å². The summed E-state index contributed by atoms with van der Waals surface area (Å²) in [5.74, 6) is 0. The second-order valence-corrected chi connectivity index (χ2v) is 3.41. The Bertz CT molecular complexity index is 316. The maximum Gasteiger partial charge on any atom is 0.0339 e. The first kappa shape index (κ1) is 9.01. The summed E-state index contributed by atoms with van der Waals surface area (Å²) in [5, 5.41) is 2.14. The Balaban J connectivity index is 3.09. The van der Waals surface area contributed by atoms with Crippen LogP contribution >= 0.6 is 11.3 Å². The number of hydrogen-bond donors (Lipinski definition) is 0. The molecule has 1 heteroatoms. The Kier molecular flexibility index (Phi) is 3.06. The van der Waals surface area contributed by atoms with Crippen molar-refractivity contribution in [2.24, 2.45) is 0 Å². The van der Waals surface area contributed by atoms with E-state index in [0.29, 0.717) is 0 Å². The van der Waals surface area contributed by atoms with Crippen molar-refractivity contribution >= 4 is 23.5 Å². The highest BCUT2D eigenvalue weighted by atomic mass is 32.1. The van der Waals surface area contributed by atoms with Gasteiger partial charge in [0.25, 0.3) is 0 Å². The molecule has 0 radical (unpaired) electrons. The number of allylic oxidation sites excluding steroid dienone is 2. The number of hydrogen-bond acceptors (Lipinski definition) is 1. The molecule has 1 aromatic rings. The van der Waals surface area contributed by atoms with E-state index >= 15 is 0 Å². The summed E-state index contributed by atoms with van der Waals surface area (Å²) in [6, 6.07) is 0. The van der Waals surface area contributed by atoms with E-state index in [0.717, 1.165) is 0 Å². The number of aryl methyl sites for hydroxylation is 1. The molecule has 0 aliphatic rings. The molecule has 0 saturated heterocycles. The largest absolute Gasteiger partial charge is 0.144 e. The van der Waals surface area contributed by atoms with E-state index in [2.05, 4.69) is 31.5 Å². The molecule has 0 aliphatic heterocycles. The van der Waals surface area contributed by atoms with Crippen LogP contribution in [0, 0.1) is 6.92 Å². The minimum atomic E-state index is 1.23. The van der Waals surface area contributed by atoms with Gasteiger partial charge in [-0.15, -0.1) is 11.3 Å². The molecular formula is C11H12S. The predicted molar refractivity (Wildman–Crippen MR) is 58.4 cm³/mol. The van der Waals surface area contributed by atoms with Gasteiger partial charge in [-0.05, 0) is 23.4 Å². The van der Waals surface area contributed by atoms with Crippen LogP contribution in [0.15, 0.2) is 30.7 Å². The quantitative estimate of drug-likeness (QED) is 0.613. The highest BCUT2D eigenvalue weighted by molar-refractivity contribution is 7.11. The predicted octanol–water partition coefficient (Wildman–Crippen LogP) is 3.90. The third-order valence-electron chi connectivity index (χ3n) is 1.64. The second kappa shape index (κ2) is 4.07. The van der Waals surface area contributed by atoms with Gasteiger partial charge in [0.1, 0.15) is 0 Å². The average molecular weight is 176 g/mol. The van der Waals surface area contributed by atoms with Gasteiger partial charge in [0.15, 0.2) is 0 Å². The minimum Gasteiger partial charge on any atom is -0.144 e. The van der Waals surface area contributed by atoms with Crippen LogP contribution in [0.3, 0.4) is 0 Å². The molecule has 0 aromatic carbocycles. The van der Waals surface area contributed by atoms with Gasteiger partial charge in [0, 0.05) is 4.88 Å². The molecule has 1 aromatic heterocycles. The van der Waals surface area contributed by atoms with E-state index in [1.54, 1.807) is 17.4 Å². The van der Waals surface area contributed by atoms with Crippen LogP contribution in [0.25, 0.3) is 12.2 Å². The first-order valence-corrected chi connectivity index (χ1v) is 4.67. The van der Waals surface area contributed by atoms with Crippen LogP contribution in [0.5, 0.6) is 0 Å². The van der Waals surface area contributed by atoms with Crippen molar-refractivity contribution in [3.8, 4) is 0 Å². The van der Waals surface area contributed by atoms with Crippen molar-refractivity contribution in [1.29, 1.82) is 0 Å². The standard InChI is InChI=1S/C11H12S/c1-4-6-7-10-9(3)8-12-11(10)5-2/h4-8H,1-2H2,3H3/b7-6-. The fourth-order valence-corrected chi connectivity index (χ4v) is 1.89. The van der Waals surface area contributed by atoms with Gasteiger partial charge in [-0.1, -0.05) is 37.5 Å². The lowest BCUT2D eigenvalue weighted by Crippen LogP contribution is -1.73. The minimum absolute atomic E-state index is 1.23. The lowest BCUT2D eigenvalue weighted by atomic mass is 10.1.